The van der Waals surface area contributed by atoms with Crippen LogP contribution in [0.3, 0.4) is 0 Å². The zero-order valence-corrected chi connectivity index (χ0v) is 7.95. The number of halogens is 2. The van der Waals surface area contributed by atoms with Crippen molar-refractivity contribution in [3.8, 4) is 10.8 Å². The largest absolute Gasteiger partial charge is 0.332 e. The second-order valence-corrected chi connectivity index (χ2v) is 3.63. The van der Waals surface area contributed by atoms with E-state index in [0.717, 1.165) is 4.88 Å². The molecule has 2 aromatic heterocycles. The summed E-state index contributed by atoms with van der Waals surface area (Å²) in [5, 5.41) is 5.97. The molecule has 2 aromatic rings. The van der Waals surface area contributed by atoms with Crippen molar-refractivity contribution in [3.05, 3.63) is 21.8 Å². The molecule has 0 atom stereocenters. The number of aromatic nitrogens is 2. The van der Waals surface area contributed by atoms with E-state index < -0.39 is 0 Å². The molecule has 12 heavy (non-hydrogen) atoms. The third kappa shape index (κ3) is 1.33. The van der Waals surface area contributed by atoms with Crippen molar-refractivity contribution in [1.29, 1.82) is 0 Å². The van der Waals surface area contributed by atoms with Gasteiger partial charge in [0.1, 0.15) is 4.88 Å². The van der Waals surface area contributed by atoms with Crippen LogP contribution >= 0.6 is 34.5 Å². The van der Waals surface area contributed by atoms with Gasteiger partial charge in [-0.3, -0.25) is 0 Å². The summed E-state index contributed by atoms with van der Waals surface area (Å²) < 4.78 is 4.82. The molecule has 2 heterocycles. The number of nitrogens with zero attached hydrogens (tertiary/aromatic N) is 2. The molecule has 2 rings (SSSR count). The highest BCUT2D eigenvalue weighted by Crippen LogP contribution is 2.32. The Balaban J connectivity index is 2.50. The van der Waals surface area contributed by atoms with Gasteiger partial charge in [0.2, 0.25) is 0 Å². The zero-order chi connectivity index (χ0) is 8.55. The lowest BCUT2D eigenvalue weighted by molar-refractivity contribution is 0.431. The van der Waals surface area contributed by atoms with Crippen LogP contribution in [0.2, 0.25) is 10.3 Å². The van der Waals surface area contributed by atoms with Gasteiger partial charge in [-0.2, -0.15) is 4.98 Å². The van der Waals surface area contributed by atoms with Gasteiger partial charge >= 0.3 is 0 Å². The molecule has 0 radical (unpaired) electrons. The van der Waals surface area contributed by atoms with E-state index in [9.17, 15) is 0 Å². The van der Waals surface area contributed by atoms with Crippen LogP contribution in [0, 0.1) is 0 Å². The molecule has 62 valence electrons. The Bertz CT molecular complexity index is 398. The van der Waals surface area contributed by atoms with E-state index in [-0.39, 0.29) is 5.28 Å². The first-order chi connectivity index (χ1) is 5.77. The SMILES string of the molecule is Clc1noc(-c2sccc2Cl)n1. The fourth-order valence-corrected chi connectivity index (χ4v) is 1.91. The minimum absolute atomic E-state index is 0.0921. The van der Waals surface area contributed by atoms with E-state index in [2.05, 4.69) is 10.1 Å². The van der Waals surface area contributed by atoms with Gasteiger partial charge in [-0.05, 0) is 28.2 Å². The van der Waals surface area contributed by atoms with Crippen molar-refractivity contribution < 1.29 is 4.52 Å². The predicted octanol–water partition coefficient (Wildman–Crippen LogP) is 3.10. The molecule has 0 aromatic carbocycles. The molecule has 0 aliphatic carbocycles. The van der Waals surface area contributed by atoms with Crippen molar-refractivity contribution in [3.63, 3.8) is 0 Å². The van der Waals surface area contributed by atoms with Crippen molar-refractivity contribution in [2.24, 2.45) is 0 Å². The van der Waals surface area contributed by atoms with Crippen LogP contribution in [0.1, 0.15) is 0 Å². The minimum atomic E-state index is 0.0921. The Labute approximate surface area is 81.9 Å². The Morgan fingerprint density at radius 2 is 2.25 bits per heavy atom. The molecule has 0 spiro atoms. The maximum Gasteiger partial charge on any atom is 0.270 e. The summed E-state index contributed by atoms with van der Waals surface area (Å²) in [6.45, 7) is 0. The van der Waals surface area contributed by atoms with E-state index in [4.69, 9.17) is 27.7 Å². The first-order valence-corrected chi connectivity index (χ1v) is 4.63. The average molecular weight is 221 g/mol. The Morgan fingerprint density at radius 3 is 2.75 bits per heavy atom. The van der Waals surface area contributed by atoms with E-state index in [0.29, 0.717) is 10.9 Å². The molecule has 0 saturated heterocycles. The Hall–Kier alpha value is -0.580. The van der Waals surface area contributed by atoms with Crippen LogP contribution in [0.15, 0.2) is 16.0 Å². The molecule has 0 fully saturated rings. The molecule has 0 bridgehead atoms. The van der Waals surface area contributed by atoms with Crippen LogP contribution in [0.5, 0.6) is 0 Å². The summed E-state index contributed by atoms with van der Waals surface area (Å²) in [4.78, 5) is 4.57. The summed E-state index contributed by atoms with van der Waals surface area (Å²) in [6.07, 6.45) is 0. The topological polar surface area (TPSA) is 38.9 Å². The fourth-order valence-electron chi connectivity index (χ4n) is 0.744. The normalized spacial score (nSPS) is 10.5. The lowest BCUT2D eigenvalue weighted by Crippen LogP contribution is -1.70. The molecule has 0 amide bonds. The van der Waals surface area contributed by atoms with E-state index in [1.165, 1.54) is 11.3 Å². The zero-order valence-electron chi connectivity index (χ0n) is 5.62. The summed E-state index contributed by atoms with van der Waals surface area (Å²) in [5.74, 6) is 0.361. The molecule has 0 aliphatic heterocycles. The van der Waals surface area contributed by atoms with Crippen LogP contribution in [-0.2, 0) is 0 Å². The standard InChI is InChI=1S/C6H2Cl2N2OS/c7-3-1-2-12-4(3)5-9-6(8)10-11-5/h1-2H. The molecule has 0 saturated carbocycles. The third-order valence-corrected chi connectivity index (χ3v) is 2.70. The van der Waals surface area contributed by atoms with Gasteiger partial charge < -0.3 is 4.52 Å². The molecular weight excluding hydrogens is 219 g/mol. The van der Waals surface area contributed by atoms with Crippen molar-refractivity contribution in [2.75, 3.05) is 0 Å². The summed E-state index contributed by atoms with van der Waals surface area (Å²) >= 11 is 12.7. The van der Waals surface area contributed by atoms with Gasteiger partial charge in [-0.1, -0.05) is 11.6 Å². The Kier molecular flexibility index (Phi) is 2.04. The van der Waals surface area contributed by atoms with Gasteiger partial charge in [0.15, 0.2) is 0 Å². The van der Waals surface area contributed by atoms with Crippen molar-refractivity contribution in [2.45, 2.75) is 0 Å². The number of rotatable bonds is 1. The first kappa shape index (κ1) is 8.04. The second-order valence-electron chi connectivity index (χ2n) is 1.97. The maximum atomic E-state index is 5.82. The highest BCUT2D eigenvalue weighted by Gasteiger charge is 2.11. The van der Waals surface area contributed by atoms with Gasteiger partial charge in [0.05, 0.1) is 5.02 Å². The lowest BCUT2D eigenvalue weighted by atomic mass is 10.5. The molecule has 3 nitrogen and oxygen atoms in total. The average Bonchev–Trinajstić information content (AvgIpc) is 2.58. The summed E-state index contributed by atoms with van der Waals surface area (Å²) in [5.41, 5.74) is 0. The van der Waals surface area contributed by atoms with Crippen LogP contribution < -0.4 is 0 Å². The van der Waals surface area contributed by atoms with Crippen LogP contribution in [-0.4, -0.2) is 10.1 Å². The minimum Gasteiger partial charge on any atom is -0.332 e. The van der Waals surface area contributed by atoms with Crippen molar-refractivity contribution in [1.82, 2.24) is 10.1 Å². The van der Waals surface area contributed by atoms with E-state index in [1.807, 2.05) is 5.38 Å². The third-order valence-electron chi connectivity index (χ3n) is 1.21. The molecule has 6 heteroatoms. The van der Waals surface area contributed by atoms with E-state index >= 15 is 0 Å². The monoisotopic (exact) mass is 220 g/mol. The fraction of sp³-hybridized carbons (Fsp3) is 0. The molecule has 0 aliphatic rings. The quantitative estimate of drug-likeness (QED) is 0.742. The first-order valence-electron chi connectivity index (χ1n) is 3.00. The predicted molar refractivity (Wildman–Crippen MR) is 47.6 cm³/mol. The van der Waals surface area contributed by atoms with Gasteiger partial charge in [-0.15, -0.1) is 11.3 Å². The van der Waals surface area contributed by atoms with Crippen LogP contribution in [0.25, 0.3) is 10.8 Å². The lowest BCUT2D eigenvalue weighted by Gasteiger charge is -1.85. The summed E-state index contributed by atoms with van der Waals surface area (Å²) in [7, 11) is 0. The molecule has 0 N–H and O–H groups in total. The molecule has 0 unspecified atom stereocenters. The second kappa shape index (κ2) is 3.05. The van der Waals surface area contributed by atoms with Gasteiger partial charge in [0, 0.05) is 0 Å². The van der Waals surface area contributed by atoms with Gasteiger partial charge in [-0.25, -0.2) is 0 Å². The van der Waals surface area contributed by atoms with Gasteiger partial charge in [0.25, 0.3) is 11.2 Å². The van der Waals surface area contributed by atoms with Crippen molar-refractivity contribution >= 4 is 34.5 Å². The summed E-state index contributed by atoms with van der Waals surface area (Å²) in [6, 6.07) is 1.76. The number of hydrogen-bond donors (Lipinski definition) is 0. The Morgan fingerprint density at radius 1 is 1.42 bits per heavy atom. The number of thiophene rings is 1. The van der Waals surface area contributed by atoms with Crippen LogP contribution in [0.4, 0.5) is 0 Å². The maximum absolute atomic E-state index is 5.82. The van der Waals surface area contributed by atoms with E-state index in [1.54, 1.807) is 6.07 Å². The smallest absolute Gasteiger partial charge is 0.270 e. The highest BCUT2D eigenvalue weighted by molar-refractivity contribution is 7.14. The number of hydrogen-bond acceptors (Lipinski definition) is 4. The molecular formula is C6H2Cl2N2OS. The highest BCUT2D eigenvalue weighted by atomic mass is 35.5.